The molecule has 2 saturated heterocycles. The zero-order chi connectivity index (χ0) is 22.0. The fourth-order valence-corrected chi connectivity index (χ4v) is 7.28. The van der Waals surface area contributed by atoms with Crippen LogP contribution in [0.25, 0.3) is 0 Å². The van der Waals surface area contributed by atoms with Crippen LogP contribution in [0.3, 0.4) is 0 Å². The minimum Gasteiger partial charge on any atom is -0.360 e. The first-order valence-corrected chi connectivity index (χ1v) is 13.5. The van der Waals surface area contributed by atoms with Crippen LogP contribution in [0, 0.1) is 11.8 Å². The lowest BCUT2D eigenvalue weighted by atomic mass is 9.86. The Bertz CT molecular complexity index is 861. The molecule has 0 aromatic carbocycles. The van der Waals surface area contributed by atoms with E-state index in [1.54, 1.807) is 10.4 Å². The number of amides is 1. The zero-order valence-corrected chi connectivity index (χ0v) is 19.5. The average Bonchev–Trinajstić information content (AvgIpc) is 3.49. The van der Waals surface area contributed by atoms with E-state index >= 15 is 0 Å². The lowest BCUT2D eigenvalue weighted by Gasteiger charge is -2.43. The molecule has 3 aliphatic rings. The molecule has 2 N–H and O–H groups in total. The Kier molecular flexibility index (Phi) is 7.03. The van der Waals surface area contributed by atoms with Gasteiger partial charge in [0.1, 0.15) is 5.76 Å². The van der Waals surface area contributed by atoms with Crippen LogP contribution in [0.15, 0.2) is 10.6 Å². The molecule has 2 aliphatic heterocycles. The zero-order valence-electron chi connectivity index (χ0n) is 18.7. The largest absolute Gasteiger partial charge is 0.360 e. The first kappa shape index (κ1) is 22.7. The Hall–Kier alpha value is -1.45. The molecule has 1 aromatic heterocycles. The van der Waals surface area contributed by atoms with Crippen molar-refractivity contribution in [2.24, 2.45) is 11.8 Å². The summed E-state index contributed by atoms with van der Waals surface area (Å²) in [4.78, 5) is 12.8. The fraction of sp³-hybridized carbons (Fsp3) is 0.818. The predicted octanol–water partition coefficient (Wildman–Crippen LogP) is 2.49. The van der Waals surface area contributed by atoms with Gasteiger partial charge >= 0.3 is 0 Å². The van der Waals surface area contributed by atoms with Crippen molar-refractivity contribution in [2.45, 2.75) is 76.8 Å². The number of nitrogens with zero attached hydrogens (tertiary/aromatic N) is 2. The van der Waals surface area contributed by atoms with E-state index < -0.39 is 10.0 Å². The summed E-state index contributed by atoms with van der Waals surface area (Å²) >= 11 is 0. The third-order valence-corrected chi connectivity index (χ3v) is 9.29. The monoisotopic (exact) mass is 452 g/mol. The number of hydrogen-bond donors (Lipinski definition) is 2. The molecule has 1 unspecified atom stereocenters. The SMILES string of the molecule is CCC1CN(S(=O)(=O)CC2CCNCC2)[C@H](CC)C[C@H]1NC(=O)c1cc(C2CC2)on1. The van der Waals surface area contributed by atoms with Crippen LogP contribution in [0.2, 0.25) is 0 Å². The van der Waals surface area contributed by atoms with Crippen LogP contribution in [-0.4, -0.2) is 61.3 Å². The number of piperidine rings is 2. The van der Waals surface area contributed by atoms with Crippen molar-refractivity contribution in [1.29, 1.82) is 0 Å². The average molecular weight is 453 g/mol. The maximum absolute atomic E-state index is 13.3. The molecule has 3 fully saturated rings. The van der Waals surface area contributed by atoms with Crippen LogP contribution in [-0.2, 0) is 10.0 Å². The highest BCUT2D eigenvalue weighted by molar-refractivity contribution is 7.89. The molecule has 0 radical (unpaired) electrons. The fourth-order valence-electron chi connectivity index (χ4n) is 5.05. The first-order chi connectivity index (χ1) is 14.9. The lowest BCUT2D eigenvalue weighted by Crippen LogP contribution is -2.57. The van der Waals surface area contributed by atoms with E-state index in [0.717, 1.165) is 57.4 Å². The van der Waals surface area contributed by atoms with Crippen molar-refractivity contribution in [3.63, 3.8) is 0 Å². The van der Waals surface area contributed by atoms with Gasteiger partial charge in [-0.2, -0.15) is 4.31 Å². The van der Waals surface area contributed by atoms with Gasteiger partial charge in [-0.3, -0.25) is 4.79 Å². The van der Waals surface area contributed by atoms with E-state index in [0.29, 0.717) is 24.6 Å². The number of carbonyl (C=O) groups is 1. The van der Waals surface area contributed by atoms with Gasteiger partial charge < -0.3 is 15.2 Å². The van der Waals surface area contributed by atoms with Crippen LogP contribution < -0.4 is 10.6 Å². The Balaban J connectivity index is 1.42. The van der Waals surface area contributed by atoms with Gasteiger partial charge in [0.25, 0.3) is 5.91 Å². The van der Waals surface area contributed by atoms with Gasteiger partial charge in [-0.15, -0.1) is 0 Å². The molecule has 1 saturated carbocycles. The topological polar surface area (TPSA) is 105 Å². The summed E-state index contributed by atoms with van der Waals surface area (Å²) in [5.41, 5.74) is 0.325. The Morgan fingerprint density at radius 3 is 2.61 bits per heavy atom. The third-order valence-electron chi connectivity index (χ3n) is 7.23. The highest BCUT2D eigenvalue weighted by Gasteiger charge is 2.41. The second-order valence-corrected chi connectivity index (χ2v) is 11.4. The number of aromatic nitrogens is 1. The summed E-state index contributed by atoms with van der Waals surface area (Å²) in [7, 11) is -3.33. The van der Waals surface area contributed by atoms with E-state index in [1.807, 2.05) is 6.92 Å². The van der Waals surface area contributed by atoms with E-state index in [-0.39, 0.29) is 35.6 Å². The molecule has 9 heteroatoms. The number of hydrogen-bond acceptors (Lipinski definition) is 6. The maximum Gasteiger partial charge on any atom is 0.273 e. The summed E-state index contributed by atoms with van der Waals surface area (Å²) in [6.07, 6.45) is 6.21. The summed E-state index contributed by atoms with van der Waals surface area (Å²) in [5.74, 6) is 1.54. The summed E-state index contributed by atoms with van der Waals surface area (Å²) in [6, 6.07) is 1.61. The Morgan fingerprint density at radius 1 is 1.23 bits per heavy atom. The molecular formula is C22H36N4O4S. The standard InChI is InChI=1S/C22H36N4O4S/c1-3-16-13-26(31(28,29)14-15-7-9-23-10-8-15)18(4-2)11-19(16)24-22(27)20-12-21(30-25-20)17-5-6-17/h12,15-19,23H,3-11,13-14H2,1-2H3,(H,24,27)/t16?,18-,19-/m1/s1. The number of carbonyl (C=O) groups excluding carboxylic acids is 1. The highest BCUT2D eigenvalue weighted by atomic mass is 32.2. The number of rotatable bonds is 8. The Labute approximate surface area is 185 Å². The van der Waals surface area contributed by atoms with Gasteiger partial charge in [-0.25, -0.2) is 8.42 Å². The second-order valence-electron chi connectivity index (χ2n) is 9.48. The van der Waals surface area contributed by atoms with Crippen LogP contribution in [0.5, 0.6) is 0 Å². The van der Waals surface area contributed by atoms with Crippen molar-refractivity contribution in [1.82, 2.24) is 20.1 Å². The first-order valence-electron chi connectivity index (χ1n) is 11.9. The van der Waals surface area contributed by atoms with Crippen molar-refractivity contribution < 1.29 is 17.7 Å². The van der Waals surface area contributed by atoms with Crippen LogP contribution >= 0.6 is 0 Å². The molecule has 3 heterocycles. The smallest absolute Gasteiger partial charge is 0.273 e. The maximum atomic E-state index is 13.3. The van der Waals surface area contributed by atoms with Crippen molar-refractivity contribution in [3.05, 3.63) is 17.5 Å². The molecule has 1 aliphatic carbocycles. The Morgan fingerprint density at radius 2 is 1.97 bits per heavy atom. The normalized spacial score (nSPS) is 28.5. The molecule has 31 heavy (non-hydrogen) atoms. The van der Waals surface area contributed by atoms with Gasteiger partial charge in [0.2, 0.25) is 10.0 Å². The summed E-state index contributed by atoms with van der Waals surface area (Å²) < 4.78 is 33.7. The number of sulfonamides is 1. The van der Waals surface area contributed by atoms with Gasteiger partial charge in [0.05, 0.1) is 5.75 Å². The minimum atomic E-state index is -3.33. The van der Waals surface area contributed by atoms with Crippen molar-refractivity contribution >= 4 is 15.9 Å². The van der Waals surface area contributed by atoms with Gasteiger partial charge in [0.15, 0.2) is 5.69 Å². The minimum absolute atomic E-state index is 0.0612. The summed E-state index contributed by atoms with van der Waals surface area (Å²) in [6.45, 7) is 6.36. The molecule has 174 valence electrons. The van der Waals surface area contributed by atoms with Crippen LogP contribution in [0.1, 0.15) is 81.0 Å². The molecular weight excluding hydrogens is 416 g/mol. The van der Waals surface area contributed by atoms with E-state index in [2.05, 4.69) is 22.7 Å². The molecule has 3 atom stereocenters. The molecule has 4 rings (SSSR count). The van der Waals surface area contributed by atoms with Crippen molar-refractivity contribution in [3.8, 4) is 0 Å². The molecule has 0 spiro atoms. The van der Waals surface area contributed by atoms with Gasteiger partial charge in [0, 0.05) is 30.6 Å². The van der Waals surface area contributed by atoms with E-state index in [1.165, 1.54) is 0 Å². The predicted molar refractivity (Wildman–Crippen MR) is 118 cm³/mol. The van der Waals surface area contributed by atoms with Gasteiger partial charge in [-0.05, 0) is 63.5 Å². The van der Waals surface area contributed by atoms with Gasteiger partial charge in [-0.1, -0.05) is 25.4 Å². The quantitative estimate of drug-likeness (QED) is 0.628. The molecule has 0 bridgehead atoms. The molecule has 8 nitrogen and oxygen atoms in total. The van der Waals surface area contributed by atoms with Crippen molar-refractivity contribution in [2.75, 3.05) is 25.4 Å². The molecule has 1 amide bonds. The van der Waals surface area contributed by atoms with E-state index in [9.17, 15) is 13.2 Å². The highest BCUT2D eigenvalue weighted by Crippen LogP contribution is 2.40. The summed E-state index contributed by atoms with van der Waals surface area (Å²) in [5, 5.41) is 10.4. The third kappa shape index (κ3) is 5.31. The number of nitrogens with one attached hydrogen (secondary N) is 2. The lowest BCUT2D eigenvalue weighted by molar-refractivity contribution is 0.0846. The van der Waals surface area contributed by atoms with Crippen LogP contribution in [0.4, 0.5) is 0 Å². The second kappa shape index (κ2) is 9.58. The van der Waals surface area contributed by atoms with E-state index in [4.69, 9.17) is 4.52 Å². The molecule has 1 aromatic rings.